The van der Waals surface area contributed by atoms with Gasteiger partial charge in [0.15, 0.2) is 6.61 Å². The Kier molecular flexibility index (Phi) is 6.84. The van der Waals surface area contributed by atoms with Gasteiger partial charge in [0, 0.05) is 6.54 Å². The Hall–Kier alpha value is -3.16. The van der Waals surface area contributed by atoms with Crippen LogP contribution in [0.2, 0.25) is 0 Å². The molecule has 0 atom stereocenters. The predicted octanol–water partition coefficient (Wildman–Crippen LogP) is -0.697. The van der Waals surface area contributed by atoms with Crippen molar-refractivity contribution in [1.29, 1.82) is 0 Å². The highest BCUT2D eigenvalue weighted by molar-refractivity contribution is 6.35. The summed E-state index contributed by atoms with van der Waals surface area (Å²) in [6, 6.07) is 6.61. The first-order valence-corrected chi connectivity index (χ1v) is 6.26. The van der Waals surface area contributed by atoms with Crippen LogP contribution in [-0.4, -0.2) is 37.1 Å². The van der Waals surface area contributed by atoms with Crippen molar-refractivity contribution in [3.63, 3.8) is 0 Å². The number of hydrazone groups is 1. The Morgan fingerprint density at radius 2 is 2.09 bits per heavy atom. The molecule has 0 saturated heterocycles. The van der Waals surface area contributed by atoms with Crippen molar-refractivity contribution in [1.82, 2.24) is 10.7 Å². The number of amides is 3. The number of carbonyl (C=O) groups is 3. The highest BCUT2D eigenvalue weighted by Gasteiger charge is 2.10. The normalized spacial score (nSPS) is 10.0. The molecule has 0 radical (unpaired) electrons. The summed E-state index contributed by atoms with van der Waals surface area (Å²) in [6.07, 6.45) is 2.78. The van der Waals surface area contributed by atoms with E-state index in [9.17, 15) is 14.4 Å². The number of nitrogens with two attached hydrogens (primary N) is 1. The summed E-state index contributed by atoms with van der Waals surface area (Å²) in [7, 11) is 0. The monoisotopic (exact) mass is 304 g/mol. The van der Waals surface area contributed by atoms with E-state index >= 15 is 0 Å². The minimum absolute atomic E-state index is 0.190. The number of carbonyl (C=O) groups excluding carboxylic acids is 3. The second kappa shape index (κ2) is 8.90. The standard InChI is InChI=1S/C14H16N4O4/c1-2-6-16-13(20)14(21)18-17-8-10-4-3-5-11(7-10)22-9-12(15)19/h2-5,7-8H,1,6,9H2,(H2,15,19)(H,16,20)(H,18,21)/b17-8-. The van der Waals surface area contributed by atoms with Crippen LogP contribution >= 0.6 is 0 Å². The van der Waals surface area contributed by atoms with Crippen molar-refractivity contribution in [2.24, 2.45) is 10.8 Å². The van der Waals surface area contributed by atoms with Crippen LogP contribution in [0, 0.1) is 0 Å². The van der Waals surface area contributed by atoms with Crippen LogP contribution in [0.25, 0.3) is 0 Å². The highest BCUT2D eigenvalue weighted by Crippen LogP contribution is 2.11. The fraction of sp³-hybridized carbons (Fsp3) is 0.143. The maximum absolute atomic E-state index is 11.3. The fourth-order valence-corrected chi connectivity index (χ4v) is 1.30. The molecular formula is C14H16N4O4. The smallest absolute Gasteiger partial charge is 0.329 e. The number of ether oxygens (including phenoxy) is 1. The van der Waals surface area contributed by atoms with Crippen LogP contribution in [0.3, 0.4) is 0 Å². The SMILES string of the molecule is C=CCNC(=O)C(=O)N/N=C\c1cccc(OCC(N)=O)c1. The second-order valence-corrected chi connectivity index (χ2v) is 4.03. The number of primary amides is 1. The maximum atomic E-state index is 11.3. The Morgan fingerprint density at radius 1 is 1.32 bits per heavy atom. The first-order valence-electron chi connectivity index (χ1n) is 6.26. The highest BCUT2D eigenvalue weighted by atomic mass is 16.5. The minimum atomic E-state index is -0.890. The summed E-state index contributed by atoms with van der Waals surface area (Å²) in [5.74, 6) is -1.86. The molecule has 116 valence electrons. The summed E-state index contributed by atoms with van der Waals surface area (Å²) < 4.78 is 5.12. The van der Waals surface area contributed by atoms with Crippen molar-refractivity contribution >= 4 is 23.9 Å². The van der Waals surface area contributed by atoms with E-state index in [-0.39, 0.29) is 13.2 Å². The number of rotatable bonds is 7. The molecule has 8 nitrogen and oxygen atoms in total. The van der Waals surface area contributed by atoms with Gasteiger partial charge >= 0.3 is 11.8 Å². The van der Waals surface area contributed by atoms with Gasteiger partial charge < -0.3 is 15.8 Å². The molecule has 0 aliphatic carbocycles. The van der Waals surface area contributed by atoms with Gasteiger partial charge in [0.25, 0.3) is 5.91 Å². The average molecular weight is 304 g/mol. The largest absolute Gasteiger partial charge is 0.484 e. The molecule has 0 aliphatic rings. The molecule has 0 saturated carbocycles. The Morgan fingerprint density at radius 3 is 2.77 bits per heavy atom. The predicted molar refractivity (Wildman–Crippen MR) is 80.1 cm³/mol. The van der Waals surface area contributed by atoms with Crippen LogP contribution < -0.4 is 21.2 Å². The van der Waals surface area contributed by atoms with Gasteiger partial charge in [-0.3, -0.25) is 14.4 Å². The zero-order valence-corrected chi connectivity index (χ0v) is 11.7. The van der Waals surface area contributed by atoms with Crippen LogP contribution in [0.15, 0.2) is 42.0 Å². The Labute approximate surface area is 127 Å². The van der Waals surface area contributed by atoms with Crippen LogP contribution in [0.1, 0.15) is 5.56 Å². The lowest BCUT2D eigenvalue weighted by atomic mass is 10.2. The maximum Gasteiger partial charge on any atom is 0.329 e. The third-order valence-corrected chi connectivity index (χ3v) is 2.23. The van der Waals surface area contributed by atoms with Crippen molar-refractivity contribution in [2.75, 3.05) is 13.2 Å². The summed E-state index contributed by atoms with van der Waals surface area (Å²) in [4.78, 5) is 33.2. The van der Waals surface area contributed by atoms with Crippen LogP contribution in [0.5, 0.6) is 5.75 Å². The minimum Gasteiger partial charge on any atom is -0.484 e. The number of benzene rings is 1. The van der Waals surface area contributed by atoms with E-state index in [1.807, 2.05) is 0 Å². The van der Waals surface area contributed by atoms with Crippen molar-refractivity contribution in [3.05, 3.63) is 42.5 Å². The van der Waals surface area contributed by atoms with Crippen molar-refractivity contribution < 1.29 is 19.1 Å². The second-order valence-electron chi connectivity index (χ2n) is 4.03. The summed E-state index contributed by atoms with van der Waals surface area (Å²) >= 11 is 0. The van der Waals surface area contributed by atoms with Crippen LogP contribution in [0.4, 0.5) is 0 Å². The lowest BCUT2D eigenvalue weighted by Gasteiger charge is -2.04. The third-order valence-electron chi connectivity index (χ3n) is 2.23. The van der Waals surface area contributed by atoms with Gasteiger partial charge in [0.05, 0.1) is 6.21 Å². The van der Waals surface area contributed by atoms with E-state index < -0.39 is 17.7 Å². The summed E-state index contributed by atoms with van der Waals surface area (Å²) in [6.45, 7) is 3.37. The van der Waals surface area contributed by atoms with Gasteiger partial charge in [-0.05, 0) is 17.7 Å². The number of hydrogen-bond acceptors (Lipinski definition) is 5. The zero-order valence-electron chi connectivity index (χ0n) is 11.7. The average Bonchev–Trinajstić information content (AvgIpc) is 2.50. The van der Waals surface area contributed by atoms with E-state index in [0.29, 0.717) is 11.3 Å². The Bertz CT molecular complexity index is 598. The molecule has 0 aliphatic heterocycles. The molecule has 1 aromatic carbocycles. The quantitative estimate of drug-likeness (QED) is 0.267. The van der Waals surface area contributed by atoms with Crippen molar-refractivity contribution in [2.45, 2.75) is 0 Å². The topological polar surface area (TPSA) is 123 Å². The van der Waals surface area contributed by atoms with E-state index in [2.05, 4.69) is 22.4 Å². The molecule has 3 amide bonds. The third kappa shape index (κ3) is 6.33. The van der Waals surface area contributed by atoms with Gasteiger partial charge in [-0.2, -0.15) is 5.10 Å². The molecule has 8 heteroatoms. The lowest BCUT2D eigenvalue weighted by Crippen LogP contribution is -2.37. The van der Waals surface area contributed by atoms with Gasteiger partial charge in [-0.25, -0.2) is 5.43 Å². The molecule has 4 N–H and O–H groups in total. The fourth-order valence-electron chi connectivity index (χ4n) is 1.30. The molecule has 0 aromatic heterocycles. The van der Waals surface area contributed by atoms with Gasteiger partial charge in [0.2, 0.25) is 0 Å². The molecular weight excluding hydrogens is 288 g/mol. The molecule has 0 unspecified atom stereocenters. The van der Waals surface area contributed by atoms with E-state index in [1.54, 1.807) is 24.3 Å². The molecule has 0 heterocycles. The first kappa shape index (κ1) is 16.9. The van der Waals surface area contributed by atoms with Gasteiger partial charge in [-0.1, -0.05) is 18.2 Å². The number of nitrogens with zero attached hydrogens (tertiary/aromatic N) is 1. The molecule has 0 fully saturated rings. The molecule has 0 bridgehead atoms. The van der Waals surface area contributed by atoms with E-state index in [1.165, 1.54) is 12.3 Å². The van der Waals surface area contributed by atoms with Gasteiger partial charge in [-0.15, -0.1) is 6.58 Å². The van der Waals surface area contributed by atoms with Crippen LogP contribution in [-0.2, 0) is 14.4 Å². The lowest BCUT2D eigenvalue weighted by molar-refractivity contribution is -0.139. The molecule has 0 spiro atoms. The molecule has 1 aromatic rings. The van der Waals surface area contributed by atoms with Gasteiger partial charge in [0.1, 0.15) is 5.75 Å². The molecule has 1 rings (SSSR count). The zero-order chi connectivity index (χ0) is 16.4. The van der Waals surface area contributed by atoms with E-state index in [4.69, 9.17) is 10.5 Å². The van der Waals surface area contributed by atoms with Crippen molar-refractivity contribution in [3.8, 4) is 5.75 Å². The van der Waals surface area contributed by atoms with E-state index in [0.717, 1.165) is 0 Å². The molecule has 22 heavy (non-hydrogen) atoms. The summed E-state index contributed by atoms with van der Waals surface area (Å²) in [5, 5.41) is 5.96. The first-order chi connectivity index (χ1) is 10.5. The number of nitrogens with one attached hydrogen (secondary N) is 2. The summed E-state index contributed by atoms with van der Waals surface area (Å²) in [5.41, 5.74) is 7.66. The Balaban J connectivity index is 2.53. The number of hydrogen-bond donors (Lipinski definition) is 3.